The van der Waals surface area contributed by atoms with E-state index in [-0.39, 0.29) is 5.75 Å². The first-order valence-electron chi connectivity index (χ1n) is 6.40. The first-order valence-corrected chi connectivity index (χ1v) is 6.40. The molecule has 102 valence electrons. The highest BCUT2D eigenvalue weighted by molar-refractivity contribution is 5.98. The van der Waals surface area contributed by atoms with Gasteiger partial charge in [0, 0.05) is 11.6 Å². The first kappa shape index (κ1) is 13.0. The predicted octanol–water partition coefficient (Wildman–Crippen LogP) is 3.27. The van der Waals surface area contributed by atoms with E-state index in [9.17, 15) is 9.59 Å². The van der Waals surface area contributed by atoms with Crippen LogP contribution in [0.2, 0.25) is 0 Å². The summed E-state index contributed by atoms with van der Waals surface area (Å²) in [4.78, 5) is 27.5. The fraction of sp³-hybridized carbons (Fsp3) is 0. The average Bonchev–Trinajstić information content (AvgIpc) is 2.56. The summed E-state index contributed by atoms with van der Waals surface area (Å²) in [5.41, 5.74) is 1.21. The molecule has 0 radical (unpaired) electrons. The molecule has 0 aliphatic heterocycles. The van der Waals surface area contributed by atoms with Crippen LogP contribution in [0.3, 0.4) is 0 Å². The third kappa shape index (κ3) is 2.51. The highest BCUT2D eigenvalue weighted by Crippen LogP contribution is 2.27. The molecule has 1 heterocycles. The van der Waals surface area contributed by atoms with Gasteiger partial charge in [-0.25, -0.2) is 4.79 Å². The number of rotatable bonds is 3. The molecule has 3 aromatic rings. The molecule has 3 rings (SSSR count). The Labute approximate surface area is 121 Å². The lowest BCUT2D eigenvalue weighted by Crippen LogP contribution is -2.10. The highest BCUT2D eigenvalue weighted by Gasteiger charge is 2.15. The molecular weight excluding hydrogens is 266 g/mol. The molecule has 0 atom stereocenters. The fourth-order valence-electron chi connectivity index (χ4n) is 2.06. The van der Waals surface area contributed by atoms with Crippen molar-refractivity contribution < 1.29 is 14.3 Å². The Morgan fingerprint density at radius 3 is 2.57 bits per heavy atom. The minimum atomic E-state index is -0.517. The van der Waals surface area contributed by atoms with Gasteiger partial charge < -0.3 is 4.74 Å². The van der Waals surface area contributed by atoms with Crippen molar-refractivity contribution in [3.05, 3.63) is 71.9 Å². The molecule has 4 nitrogen and oxygen atoms in total. The zero-order chi connectivity index (χ0) is 14.7. The number of fused-ring (bicyclic) bond motifs is 1. The molecule has 0 spiro atoms. The summed E-state index contributed by atoms with van der Waals surface area (Å²) in [6, 6.07) is 15.6. The van der Waals surface area contributed by atoms with Gasteiger partial charge in [0.25, 0.3) is 0 Å². The predicted molar refractivity (Wildman–Crippen MR) is 78.5 cm³/mol. The third-order valence-corrected chi connectivity index (χ3v) is 3.09. The number of carbonyl (C=O) groups is 2. The van der Waals surface area contributed by atoms with Crippen molar-refractivity contribution in [1.82, 2.24) is 4.98 Å². The number of esters is 1. The zero-order valence-corrected chi connectivity index (χ0v) is 11.0. The van der Waals surface area contributed by atoms with E-state index in [1.165, 1.54) is 0 Å². The van der Waals surface area contributed by atoms with Crippen LogP contribution < -0.4 is 4.74 Å². The van der Waals surface area contributed by atoms with Crippen LogP contribution in [0.25, 0.3) is 10.9 Å². The molecule has 0 saturated carbocycles. The van der Waals surface area contributed by atoms with E-state index in [0.717, 1.165) is 5.39 Å². The van der Waals surface area contributed by atoms with Gasteiger partial charge >= 0.3 is 5.97 Å². The summed E-state index contributed by atoms with van der Waals surface area (Å²) in [6.45, 7) is 0. The lowest BCUT2D eigenvalue weighted by molar-refractivity contribution is 0.0735. The largest absolute Gasteiger partial charge is 0.420 e. The number of benzene rings is 2. The Hall–Kier alpha value is -3.01. The number of carbonyl (C=O) groups excluding carboxylic acids is 2. The average molecular weight is 277 g/mol. The maximum atomic E-state index is 12.2. The third-order valence-electron chi connectivity index (χ3n) is 3.09. The Morgan fingerprint density at radius 2 is 1.81 bits per heavy atom. The van der Waals surface area contributed by atoms with Gasteiger partial charge in [-0.3, -0.25) is 9.78 Å². The zero-order valence-electron chi connectivity index (χ0n) is 11.0. The second kappa shape index (κ2) is 5.54. The molecule has 2 aromatic carbocycles. The van der Waals surface area contributed by atoms with Crippen molar-refractivity contribution in [3.63, 3.8) is 0 Å². The number of nitrogens with zero attached hydrogens (tertiary/aromatic N) is 1. The van der Waals surface area contributed by atoms with Crippen LogP contribution in [-0.4, -0.2) is 17.2 Å². The minimum absolute atomic E-state index is 0.192. The maximum absolute atomic E-state index is 12.2. The molecule has 0 aliphatic carbocycles. The van der Waals surface area contributed by atoms with Crippen molar-refractivity contribution in [2.75, 3.05) is 0 Å². The second-order valence-electron chi connectivity index (χ2n) is 4.43. The van der Waals surface area contributed by atoms with Crippen LogP contribution in [0, 0.1) is 0 Å². The first-order chi connectivity index (χ1) is 10.3. The molecule has 0 N–H and O–H groups in total. The Balaban J connectivity index is 2.07. The summed E-state index contributed by atoms with van der Waals surface area (Å²) < 4.78 is 5.40. The van der Waals surface area contributed by atoms with Gasteiger partial charge in [-0.2, -0.15) is 0 Å². The van der Waals surface area contributed by atoms with Crippen molar-refractivity contribution in [3.8, 4) is 5.75 Å². The molecule has 0 saturated heterocycles. The standard InChI is InChI=1S/C17H11NO3/c19-11-14-9-8-12-7-4-10-18-15(12)16(14)21-17(20)13-5-2-1-3-6-13/h1-11H. The van der Waals surface area contributed by atoms with Crippen LogP contribution in [0.4, 0.5) is 0 Å². The lowest BCUT2D eigenvalue weighted by Gasteiger charge is -2.09. The highest BCUT2D eigenvalue weighted by atomic mass is 16.5. The van der Waals surface area contributed by atoms with Crippen molar-refractivity contribution in [1.29, 1.82) is 0 Å². The van der Waals surface area contributed by atoms with Gasteiger partial charge in [0.2, 0.25) is 0 Å². The Bertz CT molecular complexity index is 813. The number of aldehydes is 1. The number of hydrogen-bond donors (Lipinski definition) is 0. The van der Waals surface area contributed by atoms with E-state index in [0.29, 0.717) is 22.9 Å². The quantitative estimate of drug-likeness (QED) is 0.419. The lowest BCUT2D eigenvalue weighted by atomic mass is 10.1. The molecule has 0 bridgehead atoms. The molecule has 0 aliphatic rings. The molecule has 1 aromatic heterocycles. The number of pyridine rings is 1. The number of hydrogen-bond acceptors (Lipinski definition) is 4. The molecule has 4 heteroatoms. The van der Waals surface area contributed by atoms with Gasteiger partial charge in [0.1, 0.15) is 5.52 Å². The van der Waals surface area contributed by atoms with Gasteiger partial charge in [-0.05, 0) is 24.3 Å². The molecular formula is C17H11NO3. The van der Waals surface area contributed by atoms with Crippen LogP contribution in [0.5, 0.6) is 5.75 Å². The smallest absolute Gasteiger partial charge is 0.343 e. The fourth-order valence-corrected chi connectivity index (χ4v) is 2.06. The summed E-state index contributed by atoms with van der Waals surface area (Å²) in [5.74, 6) is -0.325. The van der Waals surface area contributed by atoms with E-state index < -0.39 is 5.97 Å². The Morgan fingerprint density at radius 1 is 1.00 bits per heavy atom. The van der Waals surface area contributed by atoms with Crippen molar-refractivity contribution >= 4 is 23.2 Å². The number of aromatic nitrogens is 1. The maximum Gasteiger partial charge on any atom is 0.343 e. The van der Waals surface area contributed by atoms with Gasteiger partial charge in [0.05, 0.1) is 11.1 Å². The van der Waals surface area contributed by atoms with E-state index in [1.807, 2.05) is 12.1 Å². The monoisotopic (exact) mass is 277 g/mol. The number of ether oxygens (including phenoxy) is 1. The topological polar surface area (TPSA) is 56.3 Å². The van der Waals surface area contributed by atoms with Crippen LogP contribution in [-0.2, 0) is 0 Å². The molecule has 21 heavy (non-hydrogen) atoms. The second-order valence-corrected chi connectivity index (χ2v) is 4.43. The van der Waals surface area contributed by atoms with E-state index in [2.05, 4.69) is 4.98 Å². The van der Waals surface area contributed by atoms with E-state index >= 15 is 0 Å². The van der Waals surface area contributed by atoms with Crippen LogP contribution in [0.1, 0.15) is 20.7 Å². The van der Waals surface area contributed by atoms with Gasteiger partial charge in [-0.15, -0.1) is 0 Å². The SMILES string of the molecule is O=Cc1ccc2cccnc2c1OC(=O)c1ccccc1. The summed E-state index contributed by atoms with van der Waals surface area (Å²) in [5, 5.41) is 0.805. The van der Waals surface area contributed by atoms with Gasteiger partial charge in [-0.1, -0.05) is 30.3 Å². The normalized spacial score (nSPS) is 10.3. The summed E-state index contributed by atoms with van der Waals surface area (Å²) >= 11 is 0. The molecule has 0 unspecified atom stereocenters. The van der Waals surface area contributed by atoms with Crippen molar-refractivity contribution in [2.24, 2.45) is 0 Å². The van der Waals surface area contributed by atoms with E-state index in [1.54, 1.807) is 48.7 Å². The van der Waals surface area contributed by atoms with Crippen LogP contribution >= 0.6 is 0 Å². The minimum Gasteiger partial charge on any atom is -0.420 e. The van der Waals surface area contributed by atoms with Gasteiger partial charge in [0.15, 0.2) is 12.0 Å². The van der Waals surface area contributed by atoms with Crippen LogP contribution in [0.15, 0.2) is 60.8 Å². The summed E-state index contributed by atoms with van der Waals surface area (Å²) in [6.07, 6.45) is 2.25. The van der Waals surface area contributed by atoms with E-state index in [4.69, 9.17) is 4.74 Å². The summed E-state index contributed by atoms with van der Waals surface area (Å²) in [7, 11) is 0. The molecule has 0 fully saturated rings. The molecule has 0 amide bonds. The Kier molecular flexibility index (Phi) is 3.43. The van der Waals surface area contributed by atoms with Crippen molar-refractivity contribution in [2.45, 2.75) is 0 Å².